The van der Waals surface area contributed by atoms with E-state index in [0.717, 1.165) is 5.69 Å². The zero-order valence-electron chi connectivity index (χ0n) is 18.3. The highest BCUT2D eigenvalue weighted by molar-refractivity contribution is 6.32. The second kappa shape index (κ2) is 8.50. The molecule has 0 radical (unpaired) electrons. The first-order chi connectivity index (χ1) is 16.0. The van der Waals surface area contributed by atoms with Gasteiger partial charge in [0.25, 0.3) is 0 Å². The molecule has 0 bridgehead atoms. The minimum atomic E-state index is -1.60. The van der Waals surface area contributed by atoms with Gasteiger partial charge in [-0.15, -0.1) is 0 Å². The van der Waals surface area contributed by atoms with E-state index < -0.39 is 11.4 Å². The van der Waals surface area contributed by atoms with E-state index in [1.165, 1.54) is 19.2 Å². The minimum absolute atomic E-state index is 0.273. The van der Waals surface area contributed by atoms with Crippen LogP contribution in [0.15, 0.2) is 66.9 Å². The quantitative estimate of drug-likeness (QED) is 0.562. The number of ether oxygens (including phenoxy) is 1. The summed E-state index contributed by atoms with van der Waals surface area (Å²) in [4.78, 5) is 36.3. The van der Waals surface area contributed by atoms with E-state index in [4.69, 9.17) is 4.74 Å². The highest BCUT2D eigenvalue weighted by Crippen LogP contribution is 2.44. The standard InChI is InChI=1S/C26H24FN3O3/c1-33-21-15-18(14-19(27)16-21)26(24(31)22-7-2-3-8-23(22)25(26)32)30-12-10-29(11-13-30)17-20-6-4-5-9-28-20/h2-9,14-16H,10-13,17H2,1H3. The first-order valence-corrected chi connectivity index (χ1v) is 10.9. The van der Waals surface area contributed by atoms with Gasteiger partial charge in [-0.1, -0.05) is 30.3 Å². The predicted molar refractivity (Wildman–Crippen MR) is 121 cm³/mol. The summed E-state index contributed by atoms with van der Waals surface area (Å²) >= 11 is 0. The fraction of sp³-hybridized carbons (Fsp3) is 0.269. The van der Waals surface area contributed by atoms with E-state index in [9.17, 15) is 14.0 Å². The van der Waals surface area contributed by atoms with Gasteiger partial charge in [-0.2, -0.15) is 0 Å². The Hall–Kier alpha value is -3.42. The van der Waals surface area contributed by atoms with Gasteiger partial charge in [0.2, 0.25) is 0 Å². The molecule has 1 saturated heterocycles. The molecule has 0 unspecified atom stereocenters. The van der Waals surface area contributed by atoms with E-state index in [-0.39, 0.29) is 17.3 Å². The second-order valence-corrected chi connectivity index (χ2v) is 8.38. The van der Waals surface area contributed by atoms with Gasteiger partial charge < -0.3 is 4.74 Å². The summed E-state index contributed by atoms with van der Waals surface area (Å²) in [6.45, 7) is 2.97. The van der Waals surface area contributed by atoms with Gasteiger partial charge in [0.15, 0.2) is 17.1 Å². The van der Waals surface area contributed by atoms with E-state index in [1.807, 2.05) is 23.1 Å². The van der Waals surface area contributed by atoms with Crippen LogP contribution >= 0.6 is 0 Å². The molecule has 0 spiro atoms. The Labute approximate surface area is 191 Å². The van der Waals surface area contributed by atoms with Gasteiger partial charge in [-0.25, -0.2) is 4.39 Å². The molecule has 3 aromatic rings. The predicted octanol–water partition coefficient (Wildman–Crippen LogP) is 3.32. The van der Waals surface area contributed by atoms with Crippen LogP contribution in [0.3, 0.4) is 0 Å². The van der Waals surface area contributed by atoms with Crippen LogP contribution in [0.2, 0.25) is 0 Å². The van der Waals surface area contributed by atoms with Crippen molar-refractivity contribution in [1.29, 1.82) is 0 Å². The zero-order valence-corrected chi connectivity index (χ0v) is 18.3. The molecule has 33 heavy (non-hydrogen) atoms. The van der Waals surface area contributed by atoms with Gasteiger partial charge in [0.1, 0.15) is 11.6 Å². The van der Waals surface area contributed by atoms with Gasteiger partial charge in [0, 0.05) is 56.1 Å². The van der Waals surface area contributed by atoms with Crippen molar-refractivity contribution in [2.24, 2.45) is 0 Å². The monoisotopic (exact) mass is 445 g/mol. The number of rotatable bonds is 5. The van der Waals surface area contributed by atoms with Crippen LogP contribution in [-0.4, -0.2) is 59.6 Å². The lowest BCUT2D eigenvalue weighted by molar-refractivity contribution is 0.0276. The number of hydrogen-bond donors (Lipinski definition) is 0. The number of hydrogen-bond acceptors (Lipinski definition) is 6. The van der Waals surface area contributed by atoms with E-state index in [2.05, 4.69) is 9.88 Å². The fourth-order valence-corrected chi connectivity index (χ4v) is 4.96. The topological polar surface area (TPSA) is 62.7 Å². The molecule has 0 amide bonds. The Morgan fingerprint density at radius 2 is 1.61 bits per heavy atom. The number of Topliss-reactive ketones (excluding diaryl/α,β-unsaturated/α-hetero) is 2. The summed E-state index contributed by atoms with van der Waals surface area (Å²) in [7, 11) is 1.44. The van der Waals surface area contributed by atoms with Crippen LogP contribution in [0.25, 0.3) is 0 Å². The first kappa shape index (κ1) is 21.4. The maximum Gasteiger partial charge on any atom is 0.196 e. The second-order valence-electron chi connectivity index (χ2n) is 8.38. The Bertz CT molecular complexity index is 1170. The van der Waals surface area contributed by atoms with E-state index in [0.29, 0.717) is 49.4 Å². The van der Waals surface area contributed by atoms with Gasteiger partial charge >= 0.3 is 0 Å². The van der Waals surface area contributed by atoms with Crippen molar-refractivity contribution in [2.45, 2.75) is 12.1 Å². The Balaban J connectivity index is 1.52. The lowest BCUT2D eigenvalue weighted by atomic mass is 9.82. The number of fused-ring (bicyclic) bond motifs is 1. The number of carbonyl (C=O) groups excluding carboxylic acids is 2. The molecule has 7 heteroatoms. The molecule has 168 valence electrons. The molecule has 0 saturated carbocycles. The lowest BCUT2D eigenvalue weighted by Gasteiger charge is -2.44. The average Bonchev–Trinajstić information content (AvgIpc) is 3.07. The molecule has 6 nitrogen and oxygen atoms in total. The third-order valence-electron chi connectivity index (χ3n) is 6.56. The van der Waals surface area contributed by atoms with Crippen molar-refractivity contribution >= 4 is 11.6 Å². The number of benzene rings is 2. The number of aromatic nitrogens is 1. The van der Waals surface area contributed by atoms with Crippen LogP contribution in [-0.2, 0) is 12.1 Å². The van der Waals surface area contributed by atoms with Crippen molar-refractivity contribution in [3.8, 4) is 5.75 Å². The summed E-state index contributed by atoms with van der Waals surface area (Å²) in [6.07, 6.45) is 1.77. The van der Waals surface area contributed by atoms with Crippen molar-refractivity contribution < 1.29 is 18.7 Å². The van der Waals surface area contributed by atoms with Crippen molar-refractivity contribution in [3.63, 3.8) is 0 Å². The molecule has 1 aliphatic heterocycles. The number of halogens is 1. The maximum atomic E-state index is 14.6. The fourth-order valence-electron chi connectivity index (χ4n) is 4.96. The van der Waals surface area contributed by atoms with Crippen molar-refractivity contribution in [2.75, 3.05) is 33.3 Å². The van der Waals surface area contributed by atoms with Crippen LogP contribution in [0.5, 0.6) is 5.75 Å². The zero-order chi connectivity index (χ0) is 23.0. The lowest BCUT2D eigenvalue weighted by Crippen LogP contribution is -2.60. The van der Waals surface area contributed by atoms with Gasteiger partial charge in [-0.3, -0.25) is 24.4 Å². The number of pyridine rings is 1. The summed E-state index contributed by atoms with van der Waals surface area (Å²) in [5, 5.41) is 0. The molecule has 2 aromatic carbocycles. The number of methoxy groups -OCH3 is 1. The van der Waals surface area contributed by atoms with Gasteiger partial charge in [-0.05, 0) is 29.8 Å². The summed E-state index contributed by atoms with van der Waals surface area (Å²) in [5.41, 5.74) is 0.429. The highest BCUT2D eigenvalue weighted by atomic mass is 19.1. The number of nitrogens with zero attached hydrogens (tertiary/aromatic N) is 3. The normalized spacial score (nSPS) is 18.4. The smallest absolute Gasteiger partial charge is 0.196 e. The van der Waals surface area contributed by atoms with Crippen molar-refractivity contribution in [1.82, 2.24) is 14.8 Å². The highest BCUT2D eigenvalue weighted by Gasteiger charge is 2.58. The maximum absolute atomic E-state index is 14.6. The molecular weight excluding hydrogens is 421 g/mol. The number of piperazine rings is 1. The molecule has 2 aliphatic rings. The SMILES string of the molecule is COc1cc(F)cc(C2(N3CCN(Cc4ccccn4)CC3)C(=O)c3ccccc3C2=O)c1. The number of carbonyl (C=O) groups is 2. The molecule has 0 atom stereocenters. The van der Waals surface area contributed by atoms with Gasteiger partial charge in [0.05, 0.1) is 12.8 Å². The Morgan fingerprint density at radius 1 is 0.939 bits per heavy atom. The van der Waals surface area contributed by atoms with Crippen LogP contribution in [0.4, 0.5) is 4.39 Å². The summed E-state index contributed by atoms with van der Waals surface area (Å²) < 4.78 is 19.8. The van der Waals surface area contributed by atoms with Crippen LogP contribution < -0.4 is 4.74 Å². The molecular formula is C26H24FN3O3. The van der Waals surface area contributed by atoms with E-state index in [1.54, 1.807) is 36.5 Å². The first-order valence-electron chi connectivity index (χ1n) is 10.9. The molecule has 0 N–H and O–H groups in total. The Kier molecular flexibility index (Phi) is 5.52. The Morgan fingerprint density at radius 3 is 2.21 bits per heavy atom. The number of ketones is 2. The van der Waals surface area contributed by atoms with Crippen LogP contribution in [0.1, 0.15) is 32.0 Å². The average molecular weight is 445 g/mol. The molecule has 5 rings (SSSR count). The third-order valence-corrected chi connectivity index (χ3v) is 6.56. The molecule has 1 aromatic heterocycles. The summed E-state index contributed by atoms with van der Waals surface area (Å²) in [5.74, 6) is -0.897. The van der Waals surface area contributed by atoms with Crippen LogP contribution in [0, 0.1) is 5.82 Å². The largest absolute Gasteiger partial charge is 0.497 e. The van der Waals surface area contributed by atoms with Crippen molar-refractivity contribution in [3.05, 3.63) is 95.1 Å². The molecule has 2 heterocycles. The molecule has 1 fully saturated rings. The summed E-state index contributed by atoms with van der Waals surface area (Å²) in [6, 6.07) is 16.8. The van der Waals surface area contributed by atoms with E-state index >= 15 is 0 Å². The molecule has 1 aliphatic carbocycles. The minimum Gasteiger partial charge on any atom is -0.497 e. The third kappa shape index (κ3) is 3.53.